The normalized spacial score (nSPS) is 11.6. The van der Waals surface area contributed by atoms with Gasteiger partial charge in [0, 0.05) is 75.6 Å². The molecule has 0 saturated heterocycles. The average molecular weight is 1890 g/mol. The number of hydrogen-bond acceptors (Lipinski definition) is 11. The molecule has 0 spiro atoms. The van der Waals surface area contributed by atoms with E-state index < -0.39 is 0 Å². The SMILES string of the molecule is Cc1cc(C)c(NC(Cc2ccccc2)c2ccccn2)c(C)c1.Cc1cc(C)c(NC(c2ccccc2)c2ccccn2)c(C)c1.Cc1cc(C)c(NC(c2ccccn2)c2ccccc2-c2ccccc2)c(C)c1.Cc1cc(C)c(NCc2ccccn2)c(C)c1.c1ccc(-c2ccccc2C(Nc2cccc3ccccc23)c2ccccc2)cc1.c1ccc(CNc2c3ccccc3cc3ccccc23)nc1. The monoisotopic (exact) mass is 1890 g/mol. The average Bonchev–Trinajstić information content (AvgIpc) is 0.770. The van der Waals surface area contributed by atoms with E-state index in [0.29, 0.717) is 0 Å². The molecular weight excluding hydrogens is 1760 g/mol. The van der Waals surface area contributed by atoms with Gasteiger partial charge in [0.25, 0.3) is 0 Å². The van der Waals surface area contributed by atoms with Crippen molar-refractivity contribution >= 4 is 66.4 Å². The van der Waals surface area contributed by atoms with E-state index in [1.54, 1.807) is 0 Å². The molecule has 145 heavy (non-hydrogen) atoms. The molecular formula is C134H129N11. The van der Waals surface area contributed by atoms with Crippen LogP contribution >= 0.6 is 0 Å². The second-order valence-corrected chi connectivity index (χ2v) is 37.3. The van der Waals surface area contributed by atoms with E-state index >= 15 is 0 Å². The summed E-state index contributed by atoms with van der Waals surface area (Å²) in [4.78, 5) is 22.6. The van der Waals surface area contributed by atoms with Crippen molar-refractivity contribution in [2.24, 2.45) is 0 Å². The third kappa shape index (κ3) is 27.2. The summed E-state index contributed by atoms with van der Waals surface area (Å²) in [6.45, 7) is 27.3. The van der Waals surface area contributed by atoms with Crippen molar-refractivity contribution in [3.8, 4) is 22.3 Å². The van der Waals surface area contributed by atoms with Crippen LogP contribution in [0.15, 0.2) is 468 Å². The molecule has 11 heteroatoms. The first-order chi connectivity index (χ1) is 70.9. The number of aryl methyl sites for hydroxylation is 12. The summed E-state index contributed by atoms with van der Waals surface area (Å²) >= 11 is 0. The van der Waals surface area contributed by atoms with Crippen molar-refractivity contribution in [1.82, 2.24) is 24.9 Å². The lowest BCUT2D eigenvalue weighted by Gasteiger charge is -2.25. The van der Waals surface area contributed by atoms with Gasteiger partial charge in [-0.25, -0.2) is 0 Å². The van der Waals surface area contributed by atoms with Crippen molar-refractivity contribution in [2.75, 3.05) is 31.9 Å². The van der Waals surface area contributed by atoms with E-state index in [4.69, 9.17) is 4.98 Å². The lowest BCUT2D eigenvalue weighted by atomic mass is 9.90. The lowest BCUT2D eigenvalue weighted by Crippen LogP contribution is -2.16. The number of anilines is 6. The summed E-state index contributed by atoms with van der Waals surface area (Å²) in [7, 11) is 0. The predicted octanol–water partition coefficient (Wildman–Crippen LogP) is 33.8. The molecule has 0 aliphatic rings. The highest BCUT2D eigenvalue weighted by Gasteiger charge is 2.25. The maximum atomic E-state index is 4.70. The van der Waals surface area contributed by atoms with Gasteiger partial charge in [-0.2, -0.15) is 0 Å². The molecule has 4 unspecified atom stereocenters. The van der Waals surface area contributed by atoms with Crippen LogP contribution in [0.4, 0.5) is 34.1 Å². The van der Waals surface area contributed by atoms with Crippen LogP contribution < -0.4 is 31.9 Å². The number of nitrogens with zero attached hydrogens (tertiary/aromatic N) is 5. The van der Waals surface area contributed by atoms with Gasteiger partial charge in [-0.05, 0) is 273 Å². The second kappa shape index (κ2) is 50.3. The van der Waals surface area contributed by atoms with Crippen molar-refractivity contribution in [3.63, 3.8) is 0 Å². The van der Waals surface area contributed by atoms with Gasteiger partial charge >= 0.3 is 0 Å². The zero-order valence-corrected chi connectivity index (χ0v) is 85.1. The Morgan fingerprint density at radius 1 is 0.221 bits per heavy atom. The largest absolute Gasteiger partial charge is 0.379 e. The van der Waals surface area contributed by atoms with Crippen LogP contribution in [0.3, 0.4) is 0 Å². The number of aromatic nitrogens is 5. The molecule has 5 heterocycles. The van der Waals surface area contributed by atoms with Gasteiger partial charge < -0.3 is 31.9 Å². The fraction of sp³-hybridized carbons (Fsp3) is 0.142. The summed E-state index contributed by atoms with van der Waals surface area (Å²) in [6, 6.07) is 153. The molecule has 21 aromatic rings. The molecule has 0 saturated carbocycles. The zero-order chi connectivity index (χ0) is 101. The maximum absolute atomic E-state index is 4.70. The van der Waals surface area contributed by atoms with E-state index in [0.717, 1.165) is 53.7 Å². The topological polar surface area (TPSA) is 137 Å². The van der Waals surface area contributed by atoms with Gasteiger partial charge in [0.2, 0.25) is 0 Å². The molecule has 21 rings (SSSR count). The van der Waals surface area contributed by atoms with Gasteiger partial charge in [0.1, 0.15) is 0 Å². The molecule has 0 amide bonds. The third-order valence-electron chi connectivity index (χ3n) is 26.1. The van der Waals surface area contributed by atoms with E-state index in [1.807, 2.05) is 97.7 Å². The molecule has 16 aromatic carbocycles. The fourth-order valence-corrected chi connectivity index (χ4v) is 19.5. The Labute approximate surface area is 857 Å². The Morgan fingerprint density at radius 2 is 0.545 bits per heavy atom. The van der Waals surface area contributed by atoms with Crippen LogP contribution in [0.25, 0.3) is 54.6 Å². The first-order valence-electron chi connectivity index (χ1n) is 50.1. The van der Waals surface area contributed by atoms with Crippen molar-refractivity contribution < 1.29 is 0 Å². The molecule has 0 bridgehead atoms. The van der Waals surface area contributed by atoms with E-state index in [1.165, 1.54) is 178 Å². The first kappa shape index (κ1) is 101. The van der Waals surface area contributed by atoms with Gasteiger partial charge in [0.15, 0.2) is 0 Å². The highest BCUT2D eigenvalue weighted by molar-refractivity contribution is 6.11. The summed E-state index contributed by atoms with van der Waals surface area (Å²) < 4.78 is 0. The summed E-state index contributed by atoms with van der Waals surface area (Å²) in [5.41, 5.74) is 38.8. The van der Waals surface area contributed by atoms with E-state index in [2.05, 4.69) is 505 Å². The summed E-state index contributed by atoms with van der Waals surface area (Å²) in [5, 5.41) is 29.7. The summed E-state index contributed by atoms with van der Waals surface area (Å²) in [6.07, 6.45) is 10.1. The first-order valence-corrected chi connectivity index (χ1v) is 50.1. The van der Waals surface area contributed by atoms with E-state index in [-0.39, 0.29) is 24.2 Å². The number of rotatable bonds is 25. The highest BCUT2D eigenvalue weighted by atomic mass is 15.0. The Morgan fingerprint density at radius 3 is 0.979 bits per heavy atom. The van der Waals surface area contributed by atoms with Crippen molar-refractivity contribution in [3.05, 3.63) is 591 Å². The molecule has 0 radical (unpaired) electrons. The number of hydrogen-bond donors (Lipinski definition) is 6. The van der Waals surface area contributed by atoms with Crippen LogP contribution in [-0.4, -0.2) is 24.9 Å². The fourth-order valence-electron chi connectivity index (χ4n) is 19.5. The second-order valence-electron chi connectivity index (χ2n) is 37.3. The number of benzene rings is 16. The predicted molar refractivity (Wildman–Crippen MR) is 613 cm³/mol. The van der Waals surface area contributed by atoms with Crippen LogP contribution in [0, 0.1) is 83.1 Å². The van der Waals surface area contributed by atoms with Crippen LogP contribution in [0.5, 0.6) is 0 Å². The number of nitrogens with one attached hydrogen (secondary N) is 6. The number of pyridine rings is 5. The zero-order valence-electron chi connectivity index (χ0n) is 85.1. The molecule has 720 valence electrons. The minimum absolute atomic E-state index is 0.0356. The highest BCUT2D eigenvalue weighted by Crippen LogP contribution is 2.41. The van der Waals surface area contributed by atoms with Crippen LogP contribution in [0.1, 0.15) is 147 Å². The Bertz CT molecular complexity index is 7520. The minimum Gasteiger partial charge on any atom is -0.379 e. The molecule has 11 nitrogen and oxygen atoms in total. The Kier molecular flexibility index (Phi) is 35.0. The van der Waals surface area contributed by atoms with Crippen molar-refractivity contribution in [2.45, 2.75) is 127 Å². The van der Waals surface area contributed by atoms with Gasteiger partial charge in [-0.15, -0.1) is 0 Å². The molecule has 0 aliphatic heterocycles. The van der Waals surface area contributed by atoms with Gasteiger partial charge in [0.05, 0.1) is 71.4 Å². The molecule has 0 aliphatic carbocycles. The minimum atomic E-state index is -0.0484. The van der Waals surface area contributed by atoms with Crippen LogP contribution in [0.2, 0.25) is 0 Å². The molecule has 0 fully saturated rings. The number of fused-ring (bicyclic) bond motifs is 3. The Hall–Kier alpha value is -17.2. The third-order valence-corrected chi connectivity index (χ3v) is 26.1. The molecule has 5 aromatic heterocycles. The van der Waals surface area contributed by atoms with Crippen LogP contribution in [-0.2, 0) is 19.5 Å². The smallest absolute Gasteiger partial charge is 0.0946 e. The van der Waals surface area contributed by atoms with Gasteiger partial charge in [-0.3, -0.25) is 24.9 Å². The van der Waals surface area contributed by atoms with Gasteiger partial charge in [-0.1, -0.05) is 386 Å². The van der Waals surface area contributed by atoms with E-state index in [9.17, 15) is 0 Å². The Balaban J connectivity index is 0.000000126. The quantitative estimate of drug-likeness (QED) is 0.0305. The lowest BCUT2D eigenvalue weighted by molar-refractivity contribution is 0.744. The molecule has 6 N–H and O–H groups in total. The maximum Gasteiger partial charge on any atom is 0.0946 e. The standard InChI is InChI=1S/C29H23N.C27H26N2.C22H24N2.C21H22N2.C20H16N2.C15H18N2/c1-3-12-22(13-4-1)25-18-9-10-20-27(25)29(24-15-5-2-6-16-24)30-28-21-11-17-23-14-7-8-19-26(23)28;1-19-17-20(2)26(21(3)18-19)29-27(25-15-9-10-16-28-25)24-14-8-7-13-23(24)22-11-5-4-6-12-22;1-16-13-17(2)22(18(3)14-16)24-21(20-11-7-8-12-23-20)15-19-9-5-4-6-10-19;1-15-13-16(2)20(17(3)14-15)23-21(18-9-5-4-6-10-18)19-11-7-8-12-22-19;1-3-10-18-15(7-1)13-16-8-2-4-11-19(16)20(18)22-14-17-9-5-6-12-21-17;1-11-8-12(2)15(13(3)9-11)17-10-14-6-4-5-7-16-14/h1-21,29-30H;4-18,27,29H,1-3H3;4-14,21,24H,15H2,1-3H3;4-14,21,23H,1-3H3;1-13,22H,14H2;4-9,17H,10H2,1-3H3. The molecule has 4 atom stereocenters. The summed E-state index contributed by atoms with van der Waals surface area (Å²) in [5.74, 6) is 0. The van der Waals surface area contributed by atoms with Crippen molar-refractivity contribution in [1.29, 1.82) is 0 Å².